The maximum Gasteiger partial charge on any atom is 0.410 e. The lowest BCUT2D eigenvalue weighted by Crippen LogP contribution is -2.47. The Kier molecular flexibility index (Phi) is 9.04. The van der Waals surface area contributed by atoms with Crippen LogP contribution in [0.4, 0.5) is 13.6 Å². The molecule has 0 bridgehead atoms. The van der Waals surface area contributed by atoms with Crippen LogP contribution in [0.3, 0.4) is 0 Å². The molecule has 1 aliphatic rings. The van der Waals surface area contributed by atoms with Gasteiger partial charge >= 0.3 is 6.09 Å². The molecule has 2 aromatic heterocycles. The standard InChI is InChI=1S/C33H34ClF2N3O3S/c1-33(2,3)42-32(41)38(4)23-8-10-24(11-9-23)39(19-20-6-5-7-22(18-20)21-14-16-37-17-15-21)31(40)30-28(34)27-25(35)12-13-26(36)29(27)43-30/h5-7,12-18,23-24H,8-11,19H2,1-4H3/t23-,24-. The van der Waals surface area contributed by atoms with Crippen LogP contribution in [0.25, 0.3) is 21.2 Å². The lowest BCUT2D eigenvalue weighted by molar-refractivity contribution is 0.0144. The summed E-state index contributed by atoms with van der Waals surface area (Å²) in [7, 11) is 1.74. The minimum atomic E-state index is -0.668. The van der Waals surface area contributed by atoms with Gasteiger partial charge in [-0.25, -0.2) is 13.6 Å². The highest BCUT2D eigenvalue weighted by molar-refractivity contribution is 7.21. The van der Waals surface area contributed by atoms with Crippen LogP contribution in [0, 0.1) is 11.6 Å². The van der Waals surface area contributed by atoms with Crippen LogP contribution in [0.1, 0.15) is 61.7 Å². The van der Waals surface area contributed by atoms with Gasteiger partial charge < -0.3 is 14.5 Å². The molecule has 2 heterocycles. The molecule has 0 spiro atoms. The van der Waals surface area contributed by atoms with Gasteiger partial charge in [-0.15, -0.1) is 11.3 Å². The van der Waals surface area contributed by atoms with Gasteiger partial charge in [0.2, 0.25) is 0 Å². The molecule has 4 aromatic rings. The van der Waals surface area contributed by atoms with Crippen molar-refractivity contribution in [2.75, 3.05) is 7.05 Å². The third-order valence-electron chi connectivity index (χ3n) is 7.77. The van der Waals surface area contributed by atoms with Crippen molar-refractivity contribution in [3.63, 3.8) is 0 Å². The average molecular weight is 626 g/mol. The molecule has 5 rings (SSSR count). The third-order valence-corrected chi connectivity index (χ3v) is 9.44. The maximum absolute atomic E-state index is 14.7. The van der Waals surface area contributed by atoms with Gasteiger partial charge in [0, 0.05) is 38.1 Å². The second kappa shape index (κ2) is 12.6. The minimum Gasteiger partial charge on any atom is -0.444 e. The number of rotatable bonds is 6. The third kappa shape index (κ3) is 6.83. The molecule has 0 aliphatic heterocycles. The topological polar surface area (TPSA) is 62.7 Å². The fourth-order valence-electron chi connectivity index (χ4n) is 5.56. The van der Waals surface area contributed by atoms with Crippen LogP contribution in [-0.4, -0.2) is 51.5 Å². The molecular weight excluding hydrogens is 592 g/mol. The fraction of sp³-hybridized carbons (Fsp3) is 0.364. The Bertz CT molecular complexity index is 1630. The number of halogens is 3. The van der Waals surface area contributed by atoms with E-state index in [1.165, 1.54) is 0 Å². The summed E-state index contributed by atoms with van der Waals surface area (Å²) in [5.41, 5.74) is 2.29. The average Bonchev–Trinajstić information content (AvgIpc) is 3.35. The van der Waals surface area contributed by atoms with Crippen molar-refractivity contribution in [3.8, 4) is 11.1 Å². The number of amides is 2. The van der Waals surface area contributed by atoms with E-state index in [4.69, 9.17) is 16.3 Å². The monoisotopic (exact) mass is 625 g/mol. The number of fused-ring (bicyclic) bond motifs is 1. The molecule has 0 N–H and O–H groups in total. The number of carbonyl (C=O) groups excluding carboxylic acids is 2. The van der Waals surface area contributed by atoms with Crippen LogP contribution in [0.15, 0.2) is 60.9 Å². The van der Waals surface area contributed by atoms with Gasteiger partial charge in [-0.3, -0.25) is 9.78 Å². The molecule has 0 saturated heterocycles. The Hall–Kier alpha value is -3.56. The van der Waals surface area contributed by atoms with Crippen LogP contribution in [0.2, 0.25) is 5.02 Å². The molecule has 0 radical (unpaired) electrons. The van der Waals surface area contributed by atoms with Crippen molar-refractivity contribution in [2.45, 2.75) is 70.7 Å². The zero-order chi connectivity index (χ0) is 30.9. The number of hydrogen-bond acceptors (Lipinski definition) is 5. The molecular formula is C33H34ClF2N3O3S. The van der Waals surface area contributed by atoms with Crippen LogP contribution in [-0.2, 0) is 11.3 Å². The molecule has 6 nitrogen and oxygen atoms in total. The summed E-state index contributed by atoms with van der Waals surface area (Å²) < 4.78 is 34.9. The van der Waals surface area contributed by atoms with E-state index in [-0.39, 0.29) is 50.6 Å². The van der Waals surface area contributed by atoms with Crippen molar-refractivity contribution < 1.29 is 23.1 Å². The maximum atomic E-state index is 14.7. The predicted octanol–water partition coefficient (Wildman–Crippen LogP) is 8.72. The number of nitrogens with zero attached hydrogens (tertiary/aromatic N) is 3. The molecule has 2 aromatic carbocycles. The minimum absolute atomic E-state index is 0.0238. The summed E-state index contributed by atoms with van der Waals surface area (Å²) in [5.74, 6) is -1.66. The Labute approximate surface area is 259 Å². The molecule has 10 heteroatoms. The number of hydrogen-bond donors (Lipinski definition) is 0. The molecule has 0 atom stereocenters. The number of benzene rings is 2. The van der Waals surface area contributed by atoms with Gasteiger partial charge in [0.05, 0.1) is 15.1 Å². The number of aromatic nitrogens is 1. The van der Waals surface area contributed by atoms with Gasteiger partial charge in [0.15, 0.2) is 0 Å². The van der Waals surface area contributed by atoms with Crippen LogP contribution >= 0.6 is 22.9 Å². The van der Waals surface area contributed by atoms with Crippen LogP contribution in [0.5, 0.6) is 0 Å². The van der Waals surface area contributed by atoms with Crippen LogP contribution < -0.4 is 0 Å². The zero-order valence-corrected chi connectivity index (χ0v) is 26.1. The SMILES string of the molecule is CN(C(=O)OC(C)(C)C)[C@H]1CC[C@H](N(Cc2cccc(-c3ccncc3)c2)C(=O)c2sc3c(F)ccc(F)c3c2Cl)CC1. The van der Waals surface area contributed by atoms with Gasteiger partial charge in [0.25, 0.3) is 5.91 Å². The Morgan fingerprint density at radius 2 is 1.63 bits per heavy atom. The van der Waals surface area contributed by atoms with Gasteiger partial charge in [0.1, 0.15) is 22.1 Å². The van der Waals surface area contributed by atoms with Gasteiger partial charge in [-0.1, -0.05) is 29.8 Å². The van der Waals surface area contributed by atoms with E-state index in [1.54, 1.807) is 29.2 Å². The molecule has 43 heavy (non-hydrogen) atoms. The van der Waals surface area contributed by atoms with E-state index in [1.807, 2.05) is 57.2 Å². The normalized spacial score (nSPS) is 17.1. The second-order valence-corrected chi connectivity index (χ2v) is 13.3. The summed E-state index contributed by atoms with van der Waals surface area (Å²) >= 11 is 7.44. The van der Waals surface area contributed by atoms with E-state index in [0.717, 1.165) is 40.2 Å². The van der Waals surface area contributed by atoms with Crippen molar-refractivity contribution in [3.05, 3.63) is 88.0 Å². The summed E-state index contributed by atoms with van der Waals surface area (Å²) in [6.07, 6.45) is 5.70. The summed E-state index contributed by atoms with van der Waals surface area (Å²) in [6, 6.07) is 13.6. The lowest BCUT2D eigenvalue weighted by atomic mass is 9.89. The first-order valence-corrected chi connectivity index (χ1v) is 15.4. The Morgan fingerprint density at radius 1 is 0.977 bits per heavy atom. The predicted molar refractivity (Wildman–Crippen MR) is 166 cm³/mol. The molecule has 226 valence electrons. The largest absolute Gasteiger partial charge is 0.444 e. The lowest BCUT2D eigenvalue weighted by Gasteiger charge is -2.40. The fourth-order valence-corrected chi connectivity index (χ4v) is 7.07. The molecule has 1 saturated carbocycles. The summed E-state index contributed by atoms with van der Waals surface area (Å²) in [5, 5.41) is -0.145. The molecule has 0 unspecified atom stereocenters. The van der Waals surface area contributed by atoms with Crippen molar-refractivity contribution in [2.24, 2.45) is 0 Å². The van der Waals surface area contributed by atoms with Crippen molar-refractivity contribution in [1.29, 1.82) is 0 Å². The quantitative estimate of drug-likeness (QED) is 0.215. The first kappa shape index (κ1) is 30.9. The second-order valence-electron chi connectivity index (χ2n) is 11.9. The van der Waals surface area contributed by atoms with E-state index >= 15 is 0 Å². The Morgan fingerprint density at radius 3 is 2.28 bits per heavy atom. The zero-order valence-electron chi connectivity index (χ0n) is 24.6. The number of pyridine rings is 1. The van der Waals surface area contributed by atoms with Gasteiger partial charge in [-0.05, 0) is 93.5 Å². The van der Waals surface area contributed by atoms with Crippen molar-refractivity contribution >= 4 is 45.0 Å². The Balaban J connectivity index is 1.44. The summed E-state index contributed by atoms with van der Waals surface area (Å²) in [6.45, 7) is 5.78. The number of thiophene rings is 1. The first-order chi connectivity index (χ1) is 20.4. The van der Waals surface area contributed by atoms with E-state index < -0.39 is 17.2 Å². The highest BCUT2D eigenvalue weighted by Gasteiger charge is 2.35. The highest BCUT2D eigenvalue weighted by atomic mass is 35.5. The van der Waals surface area contributed by atoms with Crippen molar-refractivity contribution in [1.82, 2.24) is 14.8 Å². The number of carbonyl (C=O) groups is 2. The van der Waals surface area contributed by atoms with Gasteiger partial charge in [-0.2, -0.15) is 0 Å². The number of ether oxygens (including phenoxy) is 1. The van der Waals surface area contributed by atoms with E-state index in [0.29, 0.717) is 25.7 Å². The smallest absolute Gasteiger partial charge is 0.410 e. The highest BCUT2D eigenvalue weighted by Crippen LogP contribution is 2.40. The molecule has 1 fully saturated rings. The molecule has 1 aliphatic carbocycles. The van der Waals surface area contributed by atoms with E-state index in [2.05, 4.69) is 4.98 Å². The summed E-state index contributed by atoms with van der Waals surface area (Å²) in [4.78, 5) is 34.5. The molecule has 2 amide bonds. The first-order valence-electron chi connectivity index (χ1n) is 14.2. The van der Waals surface area contributed by atoms with E-state index in [9.17, 15) is 18.4 Å².